The Morgan fingerprint density at radius 1 is 1.21 bits per heavy atom. The SMILES string of the molecule is CC(C)(CN)c1nc(-c2cc(F)c(F)c(F)c2)no1. The minimum atomic E-state index is -1.53. The van der Waals surface area contributed by atoms with Crippen LogP contribution in [0.15, 0.2) is 16.7 Å². The first-order chi connectivity index (χ1) is 8.85. The Morgan fingerprint density at radius 2 is 1.79 bits per heavy atom. The molecule has 0 radical (unpaired) electrons. The molecule has 0 unspecified atom stereocenters. The molecule has 0 saturated heterocycles. The summed E-state index contributed by atoms with van der Waals surface area (Å²) in [7, 11) is 0. The molecule has 0 fully saturated rings. The summed E-state index contributed by atoms with van der Waals surface area (Å²) in [6.07, 6.45) is 0. The molecule has 2 rings (SSSR count). The molecule has 1 aromatic heterocycles. The Hall–Kier alpha value is -1.89. The molecule has 4 nitrogen and oxygen atoms in total. The maximum Gasteiger partial charge on any atom is 0.233 e. The first-order valence-electron chi connectivity index (χ1n) is 5.54. The molecule has 7 heteroatoms. The van der Waals surface area contributed by atoms with Crippen LogP contribution in [0.3, 0.4) is 0 Å². The first kappa shape index (κ1) is 13.5. The molecule has 19 heavy (non-hydrogen) atoms. The second-order valence-electron chi connectivity index (χ2n) is 4.77. The second kappa shape index (κ2) is 4.65. The van der Waals surface area contributed by atoms with Gasteiger partial charge >= 0.3 is 0 Å². The molecule has 0 aliphatic rings. The normalized spacial score (nSPS) is 11.9. The summed E-state index contributed by atoms with van der Waals surface area (Å²) in [5.74, 6) is -3.92. The molecule has 0 spiro atoms. The summed E-state index contributed by atoms with van der Waals surface area (Å²) in [5, 5.41) is 3.62. The standard InChI is InChI=1S/C12H12F3N3O/c1-12(2,5-16)11-17-10(18-19-11)6-3-7(13)9(15)8(14)4-6/h3-4H,5,16H2,1-2H3. The summed E-state index contributed by atoms with van der Waals surface area (Å²) < 4.78 is 44.1. The summed E-state index contributed by atoms with van der Waals surface area (Å²) in [6, 6.07) is 1.62. The highest BCUT2D eigenvalue weighted by molar-refractivity contribution is 5.54. The third-order valence-electron chi connectivity index (χ3n) is 2.76. The number of aromatic nitrogens is 2. The maximum atomic E-state index is 13.1. The number of rotatable bonds is 3. The average molecular weight is 271 g/mol. The zero-order valence-electron chi connectivity index (χ0n) is 10.4. The van der Waals surface area contributed by atoms with Crippen LogP contribution in [0.4, 0.5) is 13.2 Å². The highest BCUT2D eigenvalue weighted by Gasteiger charge is 2.26. The van der Waals surface area contributed by atoms with Gasteiger partial charge in [0.2, 0.25) is 11.7 Å². The van der Waals surface area contributed by atoms with Crippen LogP contribution in [-0.2, 0) is 5.41 Å². The Bertz CT molecular complexity index is 587. The molecule has 0 aliphatic heterocycles. The van der Waals surface area contributed by atoms with Crippen LogP contribution in [-0.4, -0.2) is 16.7 Å². The molecular formula is C12H12F3N3O. The minimum Gasteiger partial charge on any atom is -0.338 e. The van der Waals surface area contributed by atoms with E-state index < -0.39 is 22.9 Å². The van der Waals surface area contributed by atoms with Gasteiger partial charge in [-0.15, -0.1) is 0 Å². The predicted molar refractivity (Wildman–Crippen MR) is 61.7 cm³/mol. The predicted octanol–water partition coefficient (Wildman–Crippen LogP) is 2.39. The Labute approximate surface area is 107 Å². The van der Waals surface area contributed by atoms with Crippen LogP contribution in [0.1, 0.15) is 19.7 Å². The fourth-order valence-corrected chi connectivity index (χ4v) is 1.39. The molecule has 2 N–H and O–H groups in total. The molecule has 102 valence electrons. The smallest absolute Gasteiger partial charge is 0.233 e. The first-order valence-corrected chi connectivity index (χ1v) is 5.54. The Kier molecular flexibility index (Phi) is 3.32. The van der Waals surface area contributed by atoms with Gasteiger partial charge in [0.1, 0.15) is 0 Å². The van der Waals surface area contributed by atoms with E-state index in [2.05, 4.69) is 10.1 Å². The zero-order chi connectivity index (χ0) is 14.2. The largest absolute Gasteiger partial charge is 0.338 e. The van der Waals surface area contributed by atoms with E-state index in [1.807, 2.05) is 0 Å². The lowest BCUT2D eigenvalue weighted by molar-refractivity contribution is 0.311. The lowest BCUT2D eigenvalue weighted by atomic mass is 9.94. The van der Waals surface area contributed by atoms with Crippen molar-refractivity contribution in [3.63, 3.8) is 0 Å². The van der Waals surface area contributed by atoms with Gasteiger partial charge in [-0.25, -0.2) is 13.2 Å². The number of halogens is 3. The van der Waals surface area contributed by atoms with Gasteiger partial charge < -0.3 is 10.3 Å². The van der Waals surface area contributed by atoms with Gasteiger partial charge in [-0.05, 0) is 26.0 Å². The number of hydrogen-bond donors (Lipinski definition) is 1. The molecule has 0 atom stereocenters. The van der Waals surface area contributed by atoms with E-state index in [-0.39, 0.29) is 23.8 Å². The van der Waals surface area contributed by atoms with Gasteiger partial charge in [-0.2, -0.15) is 4.98 Å². The topological polar surface area (TPSA) is 64.9 Å². The quantitative estimate of drug-likeness (QED) is 0.870. The van der Waals surface area contributed by atoms with Crippen molar-refractivity contribution in [3.05, 3.63) is 35.5 Å². The van der Waals surface area contributed by atoms with Crippen LogP contribution < -0.4 is 5.73 Å². The molecule has 2 aromatic rings. The van der Waals surface area contributed by atoms with Crippen LogP contribution in [0.2, 0.25) is 0 Å². The zero-order valence-corrected chi connectivity index (χ0v) is 10.4. The van der Waals surface area contributed by atoms with Gasteiger partial charge in [0.25, 0.3) is 0 Å². The van der Waals surface area contributed by atoms with Gasteiger partial charge in [0, 0.05) is 12.1 Å². The fourth-order valence-electron chi connectivity index (χ4n) is 1.39. The summed E-state index contributed by atoms with van der Waals surface area (Å²) in [4.78, 5) is 4.02. The second-order valence-corrected chi connectivity index (χ2v) is 4.77. The van der Waals surface area contributed by atoms with E-state index in [9.17, 15) is 13.2 Å². The minimum absolute atomic E-state index is 0.000721. The highest BCUT2D eigenvalue weighted by Crippen LogP contribution is 2.25. The van der Waals surface area contributed by atoms with Crippen LogP contribution in [0.25, 0.3) is 11.4 Å². The van der Waals surface area contributed by atoms with E-state index in [0.29, 0.717) is 0 Å². The monoisotopic (exact) mass is 271 g/mol. The number of hydrogen-bond acceptors (Lipinski definition) is 4. The van der Waals surface area contributed by atoms with E-state index in [1.54, 1.807) is 13.8 Å². The summed E-state index contributed by atoms with van der Waals surface area (Å²) >= 11 is 0. The van der Waals surface area contributed by atoms with Gasteiger partial charge in [-0.3, -0.25) is 0 Å². The fraction of sp³-hybridized carbons (Fsp3) is 0.333. The molecular weight excluding hydrogens is 259 g/mol. The van der Waals surface area contributed by atoms with Crippen molar-refractivity contribution in [3.8, 4) is 11.4 Å². The number of nitrogens with zero attached hydrogens (tertiary/aromatic N) is 2. The lowest BCUT2D eigenvalue weighted by Crippen LogP contribution is -2.28. The summed E-state index contributed by atoms with van der Waals surface area (Å²) in [6.45, 7) is 3.84. The van der Waals surface area contributed by atoms with E-state index >= 15 is 0 Å². The van der Waals surface area contributed by atoms with Crippen molar-refractivity contribution in [1.29, 1.82) is 0 Å². The van der Waals surface area contributed by atoms with Gasteiger partial charge in [-0.1, -0.05) is 5.16 Å². The molecule has 0 saturated carbocycles. The van der Waals surface area contributed by atoms with Crippen molar-refractivity contribution in [2.75, 3.05) is 6.54 Å². The molecule has 1 aromatic carbocycles. The van der Waals surface area contributed by atoms with Crippen LogP contribution in [0, 0.1) is 17.5 Å². The molecule has 0 amide bonds. The van der Waals surface area contributed by atoms with E-state index in [1.165, 1.54) is 0 Å². The Balaban J connectivity index is 2.44. The van der Waals surface area contributed by atoms with E-state index in [0.717, 1.165) is 12.1 Å². The molecule has 1 heterocycles. The molecule has 0 bridgehead atoms. The lowest BCUT2D eigenvalue weighted by Gasteiger charge is -2.15. The Morgan fingerprint density at radius 3 is 2.32 bits per heavy atom. The average Bonchev–Trinajstić information content (AvgIpc) is 2.85. The number of nitrogens with two attached hydrogens (primary N) is 1. The third kappa shape index (κ3) is 2.46. The van der Waals surface area contributed by atoms with Crippen molar-refractivity contribution in [2.24, 2.45) is 5.73 Å². The van der Waals surface area contributed by atoms with Crippen molar-refractivity contribution in [2.45, 2.75) is 19.3 Å². The van der Waals surface area contributed by atoms with Gasteiger partial charge in [0.15, 0.2) is 17.5 Å². The molecule has 0 aliphatic carbocycles. The highest BCUT2D eigenvalue weighted by atomic mass is 19.2. The van der Waals surface area contributed by atoms with Crippen LogP contribution in [0.5, 0.6) is 0 Å². The number of benzene rings is 1. The summed E-state index contributed by atoms with van der Waals surface area (Å²) in [5.41, 5.74) is 5.00. The van der Waals surface area contributed by atoms with Crippen molar-refractivity contribution in [1.82, 2.24) is 10.1 Å². The van der Waals surface area contributed by atoms with Crippen LogP contribution >= 0.6 is 0 Å². The van der Waals surface area contributed by atoms with E-state index in [4.69, 9.17) is 10.3 Å². The van der Waals surface area contributed by atoms with Crippen molar-refractivity contribution >= 4 is 0 Å². The van der Waals surface area contributed by atoms with Gasteiger partial charge in [0.05, 0.1) is 5.41 Å². The third-order valence-corrected chi connectivity index (χ3v) is 2.76. The maximum absolute atomic E-state index is 13.1. The van der Waals surface area contributed by atoms with Crippen molar-refractivity contribution < 1.29 is 17.7 Å².